The average Bonchev–Trinajstić information content (AvgIpc) is 2.68. The molecule has 10 heteroatoms. The van der Waals surface area contributed by atoms with Crippen molar-refractivity contribution in [3.63, 3.8) is 0 Å². The normalized spacial score (nSPS) is 12.4. The van der Waals surface area contributed by atoms with Gasteiger partial charge in [-0.3, -0.25) is 0 Å². The lowest BCUT2D eigenvalue weighted by Gasteiger charge is -2.28. The van der Waals surface area contributed by atoms with E-state index in [1.807, 2.05) is 0 Å². The number of carbonyl (C=O) groups is 3. The Kier molecular flexibility index (Phi) is 9.90. The molecule has 1 rings (SSSR count). The molecule has 0 saturated heterocycles. The zero-order chi connectivity index (χ0) is 21.9. The van der Waals surface area contributed by atoms with Crippen molar-refractivity contribution in [2.75, 3.05) is 40.1 Å². The largest absolute Gasteiger partial charge is 0.508 e. The summed E-state index contributed by atoms with van der Waals surface area (Å²) in [4.78, 5) is 34.9. The number of rotatable bonds is 10. The first-order valence-corrected chi connectivity index (χ1v) is 9.22. The highest BCUT2D eigenvalue weighted by atomic mass is 16.7. The van der Waals surface area contributed by atoms with Crippen molar-refractivity contribution >= 4 is 23.9 Å². The third-order valence-electron chi connectivity index (χ3n) is 4.07. The van der Waals surface area contributed by atoms with E-state index in [2.05, 4.69) is 0 Å². The third kappa shape index (κ3) is 7.24. The standard InChI is InChI=1S/C19H29N2O8/c1-5-26-18(23)28-11-9-15-13-16(7-8-17(15)25-4)21(20,14(3)22)10-12-29-19(24)27-6-2/h7-8,13H,5-6,9-12,20H2,1-4H3/q+1. The van der Waals surface area contributed by atoms with Crippen molar-refractivity contribution in [3.05, 3.63) is 23.8 Å². The van der Waals surface area contributed by atoms with Crippen LogP contribution in [0, 0.1) is 0 Å². The van der Waals surface area contributed by atoms with Crippen LogP contribution in [0.3, 0.4) is 0 Å². The van der Waals surface area contributed by atoms with Crippen LogP contribution in [0.15, 0.2) is 18.2 Å². The molecule has 0 aliphatic rings. The molecule has 0 aliphatic heterocycles. The van der Waals surface area contributed by atoms with Gasteiger partial charge in [-0.25, -0.2) is 14.4 Å². The van der Waals surface area contributed by atoms with Crippen LogP contribution >= 0.6 is 0 Å². The summed E-state index contributed by atoms with van der Waals surface area (Å²) in [5.41, 5.74) is 1.16. The van der Waals surface area contributed by atoms with Crippen LogP contribution < -0.4 is 15.2 Å². The van der Waals surface area contributed by atoms with Crippen LogP contribution in [0.5, 0.6) is 5.75 Å². The van der Waals surface area contributed by atoms with Crippen molar-refractivity contribution in [2.24, 2.45) is 5.84 Å². The summed E-state index contributed by atoms with van der Waals surface area (Å²) in [7, 11) is 1.51. The second-order valence-corrected chi connectivity index (χ2v) is 5.92. The molecule has 0 bridgehead atoms. The second-order valence-electron chi connectivity index (χ2n) is 5.92. The minimum atomic E-state index is -0.825. The summed E-state index contributed by atoms with van der Waals surface area (Å²) in [6.07, 6.45) is -1.26. The number of quaternary nitrogens is 1. The Bertz CT molecular complexity index is 709. The van der Waals surface area contributed by atoms with Gasteiger partial charge >= 0.3 is 18.2 Å². The van der Waals surface area contributed by atoms with E-state index in [1.165, 1.54) is 14.0 Å². The van der Waals surface area contributed by atoms with Gasteiger partial charge in [0.25, 0.3) is 0 Å². The molecule has 0 saturated carbocycles. The van der Waals surface area contributed by atoms with Crippen molar-refractivity contribution in [1.82, 2.24) is 4.59 Å². The average molecular weight is 413 g/mol. The van der Waals surface area contributed by atoms with Crippen LogP contribution in [-0.2, 0) is 30.2 Å². The first-order chi connectivity index (χ1) is 13.8. The third-order valence-corrected chi connectivity index (χ3v) is 4.07. The molecule has 1 unspecified atom stereocenters. The molecular formula is C19H29N2O8+. The molecule has 1 amide bonds. The minimum Gasteiger partial charge on any atom is -0.496 e. The van der Waals surface area contributed by atoms with E-state index in [4.69, 9.17) is 29.5 Å². The van der Waals surface area contributed by atoms with E-state index in [-0.39, 0.29) is 38.9 Å². The molecule has 29 heavy (non-hydrogen) atoms. The number of nitrogens with two attached hydrogens (primary N) is 1. The van der Waals surface area contributed by atoms with Gasteiger partial charge in [0.2, 0.25) is 0 Å². The van der Waals surface area contributed by atoms with E-state index < -0.39 is 16.9 Å². The number of hydrogen-bond donors (Lipinski definition) is 1. The SMILES string of the molecule is CCOC(=O)OCCc1cc([N+](N)(CCOC(=O)OCC)C(C)=O)ccc1OC. The Labute approximate surface area is 170 Å². The molecule has 0 fully saturated rings. The van der Waals surface area contributed by atoms with E-state index in [1.54, 1.807) is 32.0 Å². The zero-order valence-electron chi connectivity index (χ0n) is 17.3. The smallest absolute Gasteiger partial charge is 0.496 e. The molecule has 1 aromatic rings. The Hall–Kier alpha value is -2.85. The van der Waals surface area contributed by atoms with Crippen LogP contribution in [0.2, 0.25) is 0 Å². The summed E-state index contributed by atoms with van der Waals surface area (Å²) in [5, 5.41) is 0. The maximum absolute atomic E-state index is 12.3. The summed E-state index contributed by atoms with van der Waals surface area (Å²) >= 11 is 0. The van der Waals surface area contributed by atoms with Gasteiger partial charge < -0.3 is 23.7 Å². The molecule has 2 N–H and O–H groups in total. The Morgan fingerprint density at radius 1 is 0.966 bits per heavy atom. The number of benzene rings is 1. The van der Waals surface area contributed by atoms with E-state index in [0.717, 1.165) is 0 Å². The molecule has 162 valence electrons. The molecule has 0 aliphatic carbocycles. The van der Waals surface area contributed by atoms with Crippen molar-refractivity contribution in [2.45, 2.75) is 27.2 Å². The summed E-state index contributed by atoms with van der Waals surface area (Å²) in [6, 6.07) is 5.02. The molecule has 0 spiro atoms. The lowest BCUT2D eigenvalue weighted by molar-refractivity contribution is -0.129. The first-order valence-electron chi connectivity index (χ1n) is 9.22. The molecule has 1 aromatic carbocycles. The molecule has 10 nitrogen and oxygen atoms in total. The highest BCUT2D eigenvalue weighted by molar-refractivity contribution is 5.85. The van der Waals surface area contributed by atoms with Gasteiger partial charge in [-0.15, -0.1) is 0 Å². The molecule has 0 radical (unpaired) electrons. The van der Waals surface area contributed by atoms with Crippen molar-refractivity contribution in [1.29, 1.82) is 0 Å². The van der Waals surface area contributed by atoms with Crippen LogP contribution in [0.25, 0.3) is 0 Å². The number of amides is 1. The number of hydrogen-bond acceptors (Lipinski definition) is 9. The molecule has 0 heterocycles. The van der Waals surface area contributed by atoms with Crippen molar-refractivity contribution in [3.8, 4) is 5.75 Å². The van der Waals surface area contributed by atoms with E-state index in [9.17, 15) is 14.4 Å². The molecule has 1 atom stereocenters. The van der Waals surface area contributed by atoms with Gasteiger partial charge in [-0.1, -0.05) is 0 Å². The van der Waals surface area contributed by atoms with Crippen LogP contribution in [-0.4, -0.2) is 58.3 Å². The quantitative estimate of drug-likeness (QED) is 0.202. The van der Waals surface area contributed by atoms with Gasteiger partial charge in [-0.05, 0) is 19.9 Å². The maximum Gasteiger partial charge on any atom is 0.508 e. The summed E-state index contributed by atoms with van der Waals surface area (Å²) in [5.74, 6) is 6.51. The monoisotopic (exact) mass is 413 g/mol. The Morgan fingerprint density at radius 3 is 2.07 bits per heavy atom. The number of carbonyl (C=O) groups excluding carboxylic acids is 3. The minimum absolute atomic E-state index is 0.0131. The van der Waals surface area contributed by atoms with Gasteiger partial charge in [0.1, 0.15) is 18.9 Å². The number of methoxy groups -OCH3 is 1. The van der Waals surface area contributed by atoms with Gasteiger partial charge in [0, 0.05) is 24.1 Å². The van der Waals surface area contributed by atoms with Gasteiger partial charge in [0.15, 0.2) is 5.69 Å². The van der Waals surface area contributed by atoms with Crippen LogP contribution in [0.1, 0.15) is 26.3 Å². The van der Waals surface area contributed by atoms with Gasteiger partial charge in [-0.2, -0.15) is 10.4 Å². The van der Waals surface area contributed by atoms with Gasteiger partial charge in [0.05, 0.1) is 33.9 Å². The highest BCUT2D eigenvalue weighted by Gasteiger charge is 2.34. The van der Waals surface area contributed by atoms with Crippen molar-refractivity contribution < 1.29 is 38.1 Å². The van der Waals surface area contributed by atoms with E-state index >= 15 is 0 Å². The number of nitrogens with zero attached hydrogens (tertiary/aromatic N) is 1. The predicted molar refractivity (Wildman–Crippen MR) is 104 cm³/mol. The predicted octanol–water partition coefficient (Wildman–Crippen LogP) is 2.31. The fourth-order valence-corrected chi connectivity index (χ4v) is 2.51. The zero-order valence-corrected chi connectivity index (χ0v) is 17.3. The second kappa shape index (κ2) is 11.9. The topological polar surface area (TPSA) is 123 Å². The maximum atomic E-state index is 12.3. The lowest BCUT2D eigenvalue weighted by Crippen LogP contribution is -2.61. The fourth-order valence-electron chi connectivity index (χ4n) is 2.51. The highest BCUT2D eigenvalue weighted by Crippen LogP contribution is 2.28. The van der Waals surface area contributed by atoms with E-state index in [0.29, 0.717) is 23.4 Å². The first kappa shape index (κ1) is 24.2. The van der Waals surface area contributed by atoms with Crippen LogP contribution in [0.4, 0.5) is 15.3 Å². The lowest BCUT2D eigenvalue weighted by atomic mass is 10.1. The molecular weight excluding hydrogens is 384 g/mol. The molecule has 0 aromatic heterocycles. The Morgan fingerprint density at radius 2 is 1.55 bits per heavy atom. The summed E-state index contributed by atoms with van der Waals surface area (Å²) in [6.45, 7) is 5.06. The number of ether oxygens (including phenoxy) is 5. The summed E-state index contributed by atoms with van der Waals surface area (Å²) < 4.78 is 24.1. The fraction of sp³-hybridized carbons (Fsp3) is 0.526. The Balaban J connectivity index is 2.95.